The minimum absolute atomic E-state index is 0.114. The van der Waals surface area contributed by atoms with Crippen molar-refractivity contribution in [3.8, 4) is 0 Å². The van der Waals surface area contributed by atoms with E-state index >= 15 is 0 Å². The van der Waals surface area contributed by atoms with Gasteiger partial charge in [-0.25, -0.2) is 0 Å². The molecule has 1 spiro atoms. The van der Waals surface area contributed by atoms with Gasteiger partial charge in [-0.3, -0.25) is 14.4 Å². The number of nitrogens with zero attached hydrogens (tertiary/aromatic N) is 1. The number of carbonyl (C=O) groups excluding carboxylic acids is 3. The van der Waals surface area contributed by atoms with Gasteiger partial charge in [-0.15, -0.1) is 11.8 Å². The Morgan fingerprint density at radius 3 is 2.78 bits per heavy atom. The van der Waals surface area contributed by atoms with E-state index in [2.05, 4.69) is 10.6 Å². The highest BCUT2D eigenvalue weighted by molar-refractivity contribution is 7.98. The van der Waals surface area contributed by atoms with Crippen LogP contribution in [0.5, 0.6) is 0 Å². The van der Waals surface area contributed by atoms with Crippen LogP contribution in [-0.2, 0) is 23.9 Å². The van der Waals surface area contributed by atoms with Crippen molar-refractivity contribution in [3.05, 3.63) is 36.4 Å². The Kier molecular flexibility index (Phi) is 7.42. The van der Waals surface area contributed by atoms with E-state index in [-0.39, 0.29) is 23.8 Å². The van der Waals surface area contributed by atoms with Gasteiger partial charge in [0.25, 0.3) is 0 Å². The first kappa shape index (κ1) is 25.3. The zero-order valence-electron chi connectivity index (χ0n) is 20.9. The molecule has 8 nitrogen and oxygen atoms in total. The van der Waals surface area contributed by atoms with Crippen LogP contribution in [0.15, 0.2) is 41.3 Å². The zero-order valence-corrected chi connectivity index (χ0v) is 21.7. The van der Waals surface area contributed by atoms with Crippen molar-refractivity contribution in [1.29, 1.82) is 0 Å². The van der Waals surface area contributed by atoms with Crippen molar-refractivity contribution in [2.24, 2.45) is 11.8 Å². The molecule has 5 atom stereocenters. The highest BCUT2D eigenvalue weighted by Gasteiger charge is 2.72. The molecule has 3 aliphatic heterocycles. The van der Waals surface area contributed by atoms with E-state index in [4.69, 9.17) is 9.47 Å². The molecule has 2 bridgehead atoms. The zero-order chi connectivity index (χ0) is 25.3. The maximum absolute atomic E-state index is 13.8. The Morgan fingerprint density at radius 2 is 2.03 bits per heavy atom. The molecule has 1 aromatic carbocycles. The van der Waals surface area contributed by atoms with E-state index in [9.17, 15) is 14.4 Å². The molecule has 3 unspecified atom stereocenters. The fourth-order valence-electron chi connectivity index (χ4n) is 6.34. The average Bonchev–Trinajstić information content (AvgIpc) is 3.52. The van der Waals surface area contributed by atoms with E-state index in [0.29, 0.717) is 25.3 Å². The summed E-state index contributed by atoms with van der Waals surface area (Å²) >= 11 is 1.59. The first-order valence-electron chi connectivity index (χ1n) is 12.9. The first-order chi connectivity index (χ1) is 17.5. The van der Waals surface area contributed by atoms with Crippen LogP contribution in [0.3, 0.4) is 0 Å². The Labute approximate surface area is 216 Å². The van der Waals surface area contributed by atoms with Crippen molar-refractivity contribution < 1.29 is 23.9 Å². The quantitative estimate of drug-likeness (QED) is 0.299. The van der Waals surface area contributed by atoms with Crippen molar-refractivity contribution in [1.82, 2.24) is 10.2 Å². The van der Waals surface area contributed by atoms with Gasteiger partial charge in [0.15, 0.2) is 0 Å². The van der Waals surface area contributed by atoms with Crippen molar-refractivity contribution in [3.63, 3.8) is 0 Å². The second-order valence-corrected chi connectivity index (χ2v) is 11.0. The van der Waals surface area contributed by atoms with Crippen LogP contribution in [0, 0.1) is 11.8 Å². The number of hydrogen-bond acceptors (Lipinski definition) is 6. The van der Waals surface area contributed by atoms with Crippen molar-refractivity contribution in [2.75, 3.05) is 31.8 Å². The monoisotopic (exact) mass is 513 g/mol. The molecule has 194 valence electrons. The van der Waals surface area contributed by atoms with E-state index < -0.39 is 29.6 Å². The van der Waals surface area contributed by atoms with Gasteiger partial charge >= 0.3 is 0 Å². The highest BCUT2D eigenvalue weighted by atomic mass is 32.2. The third-order valence-electron chi connectivity index (χ3n) is 7.96. The van der Waals surface area contributed by atoms with Gasteiger partial charge in [-0.1, -0.05) is 37.5 Å². The Morgan fingerprint density at radius 1 is 1.22 bits per heavy atom. The summed E-state index contributed by atoms with van der Waals surface area (Å²) in [5, 5.41) is 6.20. The van der Waals surface area contributed by atoms with Gasteiger partial charge < -0.3 is 25.0 Å². The van der Waals surface area contributed by atoms with Gasteiger partial charge in [-0.05, 0) is 43.7 Å². The molecular formula is C27H35N3O5S. The normalized spacial score (nSPS) is 31.1. The predicted octanol–water partition coefficient (Wildman–Crippen LogP) is 2.98. The maximum atomic E-state index is 13.8. The van der Waals surface area contributed by atoms with Crippen LogP contribution in [0.2, 0.25) is 0 Å². The van der Waals surface area contributed by atoms with Crippen LogP contribution in [0.4, 0.5) is 5.69 Å². The van der Waals surface area contributed by atoms with Gasteiger partial charge in [0.2, 0.25) is 17.7 Å². The number of likely N-dealkylation sites (tertiary alicyclic amines) is 1. The number of amides is 3. The molecule has 3 amide bonds. The highest BCUT2D eigenvalue weighted by Crippen LogP contribution is 2.55. The Balaban J connectivity index is 1.41. The van der Waals surface area contributed by atoms with Crippen LogP contribution in [-0.4, -0.2) is 72.9 Å². The lowest BCUT2D eigenvalue weighted by Crippen LogP contribution is -2.56. The summed E-state index contributed by atoms with van der Waals surface area (Å²) in [6.07, 6.45) is 11.0. The van der Waals surface area contributed by atoms with Crippen LogP contribution < -0.4 is 10.6 Å². The van der Waals surface area contributed by atoms with Crippen LogP contribution in [0.25, 0.3) is 0 Å². The van der Waals surface area contributed by atoms with Crippen molar-refractivity contribution in [2.45, 2.75) is 67.2 Å². The van der Waals surface area contributed by atoms with Gasteiger partial charge in [0, 0.05) is 36.9 Å². The first-order valence-corrected chi connectivity index (χ1v) is 14.1. The molecule has 1 aliphatic carbocycles. The fraction of sp³-hybridized carbons (Fsp3) is 0.593. The summed E-state index contributed by atoms with van der Waals surface area (Å²) in [5.41, 5.74) is -0.446. The van der Waals surface area contributed by atoms with Crippen LogP contribution >= 0.6 is 11.8 Å². The summed E-state index contributed by atoms with van der Waals surface area (Å²) in [5.74, 6) is -2.07. The number of hydrogen-bond donors (Lipinski definition) is 2. The second-order valence-electron chi connectivity index (χ2n) is 10.1. The maximum Gasteiger partial charge on any atom is 0.246 e. The molecule has 0 radical (unpaired) electrons. The molecule has 36 heavy (non-hydrogen) atoms. The number of benzene rings is 1. The molecule has 3 heterocycles. The summed E-state index contributed by atoms with van der Waals surface area (Å²) in [4.78, 5) is 43.8. The molecule has 9 heteroatoms. The van der Waals surface area contributed by atoms with Crippen molar-refractivity contribution >= 4 is 35.2 Å². The van der Waals surface area contributed by atoms with Gasteiger partial charge in [0.1, 0.15) is 11.6 Å². The van der Waals surface area contributed by atoms with E-state index in [1.165, 1.54) is 6.42 Å². The number of anilines is 1. The molecule has 1 saturated carbocycles. The van der Waals surface area contributed by atoms with E-state index in [1.807, 2.05) is 42.7 Å². The predicted molar refractivity (Wildman–Crippen MR) is 138 cm³/mol. The average molecular weight is 514 g/mol. The van der Waals surface area contributed by atoms with E-state index in [1.54, 1.807) is 23.8 Å². The minimum Gasteiger partial charge on any atom is -0.385 e. The smallest absolute Gasteiger partial charge is 0.246 e. The third kappa shape index (κ3) is 4.46. The lowest BCUT2D eigenvalue weighted by molar-refractivity contribution is -0.141. The summed E-state index contributed by atoms with van der Waals surface area (Å²) in [7, 11) is 1.62. The molecule has 4 aliphatic rings. The molecule has 0 aromatic heterocycles. The number of nitrogens with one attached hydrogen (secondary N) is 2. The number of rotatable bonds is 9. The molecule has 2 saturated heterocycles. The molecule has 3 fully saturated rings. The minimum atomic E-state index is -1.13. The topological polar surface area (TPSA) is 97.0 Å². The van der Waals surface area contributed by atoms with Gasteiger partial charge in [-0.2, -0.15) is 0 Å². The number of ether oxygens (including phenoxy) is 2. The van der Waals surface area contributed by atoms with Gasteiger partial charge in [0.05, 0.1) is 17.9 Å². The standard InChI is InChI=1S/C27H35N3O5S/c1-34-15-7-14-30-23(25(32)28-17-8-4-3-5-9-17)27-13-12-20(35-27)21(22(27)26(30)33)24(31)29-18-10-6-11-19(16-18)36-2/h6,10-13,16-17,20-23H,3-5,7-9,14-15H2,1-2H3,(H,28,32)(H,29,31)/t20-,21?,22-,23?,27?/m1/s1. The summed E-state index contributed by atoms with van der Waals surface area (Å²) in [6.45, 7) is 0.854. The number of methoxy groups -OCH3 is 1. The van der Waals surface area contributed by atoms with Crippen LogP contribution in [0.1, 0.15) is 38.5 Å². The molecular weight excluding hydrogens is 478 g/mol. The number of fused-ring (bicyclic) bond motifs is 1. The molecule has 1 aromatic rings. The third-order valence-corrected chi connectivity index (χ3v) is 8.69. The summed E-state index contributed by atoms with van der Waals surface area (Å²) in [6, 6.07) is 6.94. The number of carbonyl (C=O) groups is 3. The molecule has 2 N–H and O–H groups in total. The SMILES string of the molecule is COCCCN1C(=O)[C@H]2C(C(=O)Nc3cccc(SC)c3)[C@H]3C=CC2(O3)C1C(=O)NC1CCCCC1. The lowest BCUT2D eigenvalue weighted by atomic mass is 9.74. The summed E-state index contributed by atoms with van der Waals surface area (Å²) < 4.78 is 11.6. The number of thioether (sulfide) groups is 1. The molecule has 5 rings (SSSR count). The fourth-order valence-corrected chi connectivity index (χ4v) is 6.80. The largest absolute Gasteiger partial charge is 0.385 e. The van der Waals surface area contributed by atoms with E-state index in [0.717, 1.165) is 30.6 Å². The Hall–Kier alpha value is -2.36. The lowest BCUT2D eigenvalue weighted by Gasteiger charge is -2.34. The second kappa shape index (κ2) is 10.6. The Bertz CT molecular complexity index is 1040.